The first-order valence-electron chi connectivity index (χ1n) is 10.4. The number of hydrogen-bond acceptors (Lipinski definition) is 5. The molecule has 0 aliphatic carbocycles. The van der Waals surface area contributed by atoms with Crippen LogP contribution < -0.4 is 10.1 Å². The van der Waals surface area contributed by atoms with Crippen LogP contribution >= 0.6 is 0 Å². The molecule has 0 fully saturated rings. The van der Waals surface area contributed by atoms with Crippen LogP contribution in [0.3, 0.4) is 0 Å². The van der Waals surface area contributed by atoms with Gasteiger partial charge in [-0.2, -0.15) is 0 Å². The summed E-state index contributed by atoms with van der Waals surface area (Å²) in [5.74, 6) is 0.246. The molecule has 0 spiro atoms. The molecule has 162 valence electrons. The van der Waals surface area contributed by atoms with E-state index in [9.17, 15) is 14.4 Å². The Kier molecular flexibility index (Phi) is 5.43. The molecular weight excluding hydrogens is 396 g/mol. The van der Waals surface area contributed by atoms with Crippen molar-refractivity contribution in [3.05, 3.63) is 59.2 Å². The van der Waals surface area contributed by atoms with Gasteiger partial charge < -0.3 is 14.8 Å². The zero-order valence-corrected chi connectivity index (χ0v) is 17.9. The van der Waals surface area contributed by atoms with Crippen molar-refractivity contribution in [2.45, 2.75) is 45.3 Å². The van der Waals surface area contributed by atoms with Crippen LogP contribution in [-0.4, -0.2) is 41.4 Å². The smallest absolute Gasteiger partial charge is 0.411 e. The van der Waals surface area contributed by atoms with E-state index < -0.39 is 23.6 Å². The predicted octanol–water partition coefficient (Wildman–Crippen LogP) is 4.12. The van der Waals surface area contributed by atoms with Crippen LogP contribution in [0.5, 0.6) is 5.75 Å². The fourth-order valence-corrected chi connectivity index (χ4v) is 3.89. The zero-order chi connectivity index (χ0) is 22.2. The van der Waals surface area contributed by atoms with Crippen molar-refractivity contribution in [3.8, 4) is 5.75 Å². The summed E-state index contributed by atoms with van der Waals surface area (Å²) < 4.78 is 11.2. The first-order valence-corrected chi connectivity index (χ1v) is 10.4. The van der Waals surface area contributed by atoms with Crippen molar-refractivity contribution < 1.29 is 23.9 Å². The van der Waals surface area contributed by atoms with Crippen LogP contribution in [0, 0.1) is 0 Å². The first kappa shape index (κ1) is 20.9. The Balaban J connectivity index is 1.78. The van der Waals surface area contributed by atoms with Gasteiger partial charge in [-0.05, 0) is 56.2 Å². The Hall–Kier alpha value is -3.35. The van der Waals surface area contributed by atoms with Gasteiger partial charge in [0, 0.05) is 24.9 Å². The van der Waals surface area contributed by atoms with Crippen LogP contribution in [0.4, 0.5) is 10.5 Å². The number of carbonyl (C=O) groups excluding carboxylic acids is 3. The van der Waals surface area contributed by atoms with Crippen molar-refractivity contribution in [1.82, 2.24) is 4.90 Å². The summed E-state index contributed by atoms with van der Waals surface area (Å²) in [5, 5.41) is 2.86. The highest BCUT2D eigenvalue weighted by atomic mass is 16.6. The molecule has 2 heterocycles. The minimum absolute atomic E-state index is 0.0632. The number of Topliss-reactive ketones (excluding diaryl/α,β-unsaturated/α-hetero) is 1. The lowest BCUT2D eigenvalue weighted by atomic mass is 10.0. The Morgan fingerprint density at radius 3 is 2.68 bits per heavy atom. The average molecular weight is 422 g/mol. The number of nitrogens with zero attached hydrogens (tertiary/aromatic N) is 1. The Labute approximate surface area is 181 Å². The fraction of sp³-hybridized carbons (Fsp3) is 0.375. The Morgan fingerprint density at radius 1 is 1.13 bits per heavy atom. The number of benzene rings is 2. The van der Waals surface area contributed by atoms with E-state index >= 15 is 0 Å². The zero-order valence-electron chi connectivity index (χ0n) is 17.9. The second kappa shape index (κ2) is 8.06. The van der Waals surface area contributed by atoms with Gasteiger partial charge >= 0.3 is 6.09 Å². The third-order valence-electron chi connectivity index (χ3n) is 5.28. The summed E-state index contributed by atoms with van der Waals surface area (Å²) in [5.41, 5.74) is 1.78. The van der Waals surface area contributed by atoms with E-state index in [0.717, 1.165) is 17.7 Å². The Bertz CT molecular complexity index is 1040. The van der Waals surface area contributed by atoms with E-state index in [1.54, 1.807) is 51.1 Å². The summed E-state index contributed by atoms with van der Waals surface area (Å²) >= 11 is 0. The molecule has 0 radical (unpaired) electrons. The molecule has 2 aromatic carbocycles. The van der Waals surface area contributed by atoms with Gasteiger partial charge in [0.2, 0.25) is 0 Å². The molecule has 0 bridgehead atoms. The highest BCUT2D eigenvalue weighted by molar-refractivity contribution is 6.07. The number of para-hydroxylation sites is 1. The van der Waals surface area contributed by atoms with Gasteiger partial charge in [-0.15, -0.1) is 0 Å². The van der Waals surface area contributed by atoms with Crippen molar-refractivity contribution in [1.29, 1.82) is 0 Å². The molecule has 0 saturated heterocycles. The molecule has 2 aromatic rings. The molecule has 31 heavy (non-hydrogen) atoms. The number of carbonyl (C=O) groups is 3. The Morgan fingerprint density at radius 2 is 1.90 bits per heavy atom. The third kappa shape index (κ3) is 4.40. The van der Waals surface area contributed by atoms with Gasteiger partial charge in [-0.1, -0.05) is 18.2 Å². The number of amides is 2. The average Bonchev–Trinajstić information content (AvgIpc) is 3.18. The summed E-state index contributed by atoms with van der Waals surface area (Å²) in [7, 11) is 0. The molecule has 1 N–H and O–H groups in total. The quantitative estimate of drug-likeness (QED) is 0.747. The largest absolute Gasteiger partial charge is 0.493 e. The SMILES string of the molecule is CC(C)(C)OC(=O)N1CCC(=O)c2ccccc2NC(=O)[C@H]1c1ccc2c(c1)CCO2. The number of nitrogens with one attached hydrogen (secondary N) is 1. The lowest BCUT2D eigenvalue weighted by molar-refractivity contribution is -0.121. The maximum absolute atomic E-state index is 13.5. The number of anilines is 1. The van der Waals surface area contributed by atoms with Gasteiger partial charge in [-0.3, -0.25) is 14.5 Å². The molecule has 7 heteroatoms. The van der Waals surface area contributed by atoms with Gasteiger partial charge in [0.05, 0.1) is 12.3 Å². The minimum Gasteiger partial charge on any atom is -0.493 e. The van der Waals surface area contributed by atoms with Crippen LogP contribution in [-0.2, 0) is 16.0 Å². The lowest BCUT2D eigenvalue weighted by Crippen LogP contribution is -2.44. The van der Waals surface area contributed by atoms with E-state index in [2.05, 4.69) is 5.32 Å². The number of fused-ring (bicyclic) bond motifs is 2. The normalized spacial score (nSPS) is 18.7. The molecule has 0 unspecified atom stereocenters. The molecule has 1 atom stereocenters. The lowest BCUT2D eigenvalue weighted by Gasteiger charge is -2.32. The summed E-state index contributed by atoms with van der Waals surface area (Å²) in [6.45, 7) is 5.96. The van der Waals surface area contributed by atoms with Crippen LogP contribution in [0.15, 0.2) is 42.5 Å². The van der Waals surface area contributed by atoms with Crippen molar-refractivity contribution in [3.63, 3.8) is 0 Å². The highest BCUT2D eigenvalue weighted by Gasteiger charge is 2.36. The standard InChI is InChI=1S/C24H26N2O5/c1-24(2,3)31-23(29)26-12-10-19(27)17-6-4-5-7-18(17)25-22(28)21(26)16-8-9-20-15(14-16)11-13-30-20/h4-9,14,21H,10-13H2,1-3H3,(H,25,28)/t21-/m1/s1. The third-order valence-corrected chi connectivity index (χ3v) is 5.28. The molecule has 2 aliphatic rings. The topological polar surface area (TPSA) is 84.9 Å². The maximum atomic E-state index is 13.5. The van der Waals surface area contributed by atoms with Crippen LogP contribution in [0.25, 0.3) is 0 Å². The van der Waals surface area contributed by atoms with Gasteiger partial charge in [0.15, 0.2) is 5.78 Å². The van der Waals surface area contributed by atoms with Gasteiger partial charge in [0.1, 0.15) is 17.4 Å². The number of ether oxygens (including phenoxy) is 2. The molecule has 0 aromatic heterocycles. The summed E-state index contributed by atoms with van der Waals surface area (Å²) in [4.78, 5) is 40.8. The maximum Gasteiger partial charge on any atom is 0.411 e. The fourth-order valence-electron chi connectivity index (χ4n) is 3.89. The van der Waals surface area contributed by atoms with Gasteiger partial charge in [-0.25, -0.2) is 4.79 Å². The number of rotatable bonds is 1. The first-order chi connectivity index (χ1) is 14.7. The number of hydrogen-bond donors (Lipinski definition) is 1. The van der Waals surface area contributed by atoms with E-state index in [1.807, 2.05) is 12.1 Å². The van der Waals surface area contributed by atoms with Crippen molar-refractivity contribution in [2.24, 2.45) is 0 Å². The van der Waals surface area contributed by atoms with E-state index in [0.29, 0.717) is 23.4 Å². The molecule has 2 aliphatic heterocycles. The van der Waals surface area contributed by atoms with E-state index in [4.69, 9.17) is 9.47 Å². The second-order valence-electron chi connectivity index (χ2n) is 8.75. The molecule has 2 amide bonds. The summed E-state index contributed by atoms with van der Waals surface area (Å²) in [6, 6.07) is 11.5. The second-order valence-corrected chi connectivity index (χ2v) is 8.75. The van der Waals surface area contributed by atoms with Crippen molar-refractivity contribution in [2.75, 3.05) is 18.5 Å². The van der Waals surface area contributed by atoms with Crippen molar-refractivity contribution >= 4 is 23.5 Å². The van der Waals surface area contributed by atoms with Crippen LogP contribution in [0.1, 0.15) is 54.7 Å². The molecular formula is C24H26N2O5. The predicted molar refractivity (Wildman–Crippen MR) is 115 cm³/mol. The minimum atomic E-state index is -0.945. The molecule has 4 rings (SSSR count). The number of ketones is 1. The monoisotopic (exact) mass is 422 g/mol. The van der Waals surface area contributed by atoms with Crippen LogP contribution in [0.2, 0.25) is 0 Å². The summed E-state index contributed by atoms with van der Waals surface area (Å²) in [6.07, 6.45) is 0.185. The molecule has 0 saturated carbocycles. The van der Waals surface area contributed by atoms with E-state index in [-0.39, 0.29) is 18.7 Å². The highest BCUT2D eigenvalue weighted by Crippen LogP contribution is 2.33. The molecule has 7 nitrogen and oxygen atoms in total. The van der Waals surface area contributed by atoms with Gasteiger partial charge in [0.25, 0.3) is 5.91 Å². The van der Waals surface area contributed by atoms with E-state index in [1.165, 1.54) is 4.90 Å².